The number of allylic oxidation sites excluding steroid dienone is 4. The molecule has 0 rings (SSSR count). The van der Waals surface area contributed by atoms with Crippen molar-refractivity contribution in [1.29, 1.82) is 0 Å². The van der Waals surface area contributed by atoms with Gasteiger partial charge in [0.05, 0.1) is 0 Å². The van der Waals surface area contributed by atoms with Gasteiger partial charge in [-0.2, -0.15) is 0 Å². The zero-order valence-corrected chi connectivity index (χ0v) is 5.56. The summed E-state index contributed by atoms with van der Waals surface area (Å²) in [6.07, 6.45) is 3.37. The Morgan fingerprint density at radius 3 is 1.75 bits per heavy atom. The standard InChI is InChI=1S/C7H11O/c1-6(2)4-5-7(3)8/h4-5H,1-3H3/b7-5+. The average molecular weight is 111 g/mol. The van der Waals surface area contributed by atoms with E-state index in [1.165, 1.54) is 0 Å². The second-order valence-electron chi connectivity index (χ2n) is 2.02. The molecule has 0 N–H and O–H groups in total. The molecule has 0 bridgehead atoms. The van der Waals surface area contributed by atoms with Gasteiger partial charge >= 0.3 is 0 Å². The van der Waals surface area contributed by atoms with Gasteiger partial charge in [0.2, 0.25) is 0 Å². The van der Waals surface area contributed by atoms with E-state index < -0.39 is 0 Å². The maximum atomic E-state index is 10.2. The Balaban J connectivity index is 3.76. The largest absolute Gasteiger partial charge is 0.295 e. The van der Waals surface area contributed by atoms with E-state index in [0.717, 1.165) is 5.57 Å². The van der Waals surface area contributed by atoms with Crippen molar-refractivity contribution in [3.63, 3.8) is 0 Å². The molecule has 0 amide bonds. The number of hydrogen-bond donors (Lipinski definition) is 0. The Morgan fingerprint density at radius 2 is 1.62 bits per heavy atom. The third-order valence-electron chi connectivity index (χ3n) is 0.651. The molecule has 0 fully saturated rings. The van der Waals surface area contributed by atoms with Crippen molar-refractivity contribution >= 4 is 0 Å². The van der Waals surface area contributed by atoms with Crippen LogP contribution in [0.4, 0.5) is 0 Å². The van der Waals surface area contributed by atoms with Crippen LogP contribution in [-0.4, -0.2) is 0 Å². The molecule has 0 saturated heterocycles. The predicted octanol–water partition coefficient (Wildman–Crippen LogP) is 2.29. The zero-order valence-electron chi connectivity index (χ0n) is 5.56. The van der Waals surface area contributed by atoms with Gasteiger partial charge < -0.3 is 0 Å². The molecule has 0 atom stereocenters. The molecule has 0 aliphatic carbocycles. The molecular weight excluding hydrogens is 100 g/mol. The van der Waals surface area contributed by atoms with Crippen LogP contribution in [-0.2, 0) is 5.11 Å². The van der Waals surface area contributed by atoms with E-state index in [-0.39, 0.29) is 5.76 Å². The molecule has 0 aliphatic heterocycles. The summed E-state index contributed by atoms with van der Waals surface area (Å²) in [5.41, 5.74) is 1.15. The molecule has 8 heavy (non-hydrogen) atoms. The van der Waals surface area contributed by atoms with Gasteiger partial charge in [0, 0.05) is 0 Å². The Bertz CT molecular complexity index is 96.3. The summed E-state index contributed by atoms with van der Waals surface area (Å²) in [5.74, 6) is 0.103. The van der Waals surface area contributed by atoms with Crippen LogP contribution in [0.15, 0.2) is 23.5 Å². The molecule has 0 aromatic carbocycles. The Kier molecular flexibility index (Phi) is 3.01. The van der Waals surface area contributed by atoms with Crippen molar-refractivity contribution < 1.29 is 5.11 Å². The van der Waals surface area contributed by atoms with Crippen LogP contribution < -0.4 is 0 Å². The second-order valence-corrected chi connectivity index (χ2v) is 2.02. The Morgan fingerprint density at radius 1 is 1.12 bits per heavy atom. The van der Waals surface area contributed by atoms with Gasteiger partial charge in [0.25, 0.3) is 0 Å². The van der Waals surface area contributed by atoms with Crippen LogP contribution in [0.3, 0.4) is 0 Å². The Labute approximate surface area is 50.3 Å². The summed E-state index contributed by atoms with van der Waals surface area (Å²) in [4.78, 5) is 0. The molecule has 1 radical (unpaired) electrons. The molecule has 0 heterocycles. The lowest BCUT2D eigenvalue weighted by Gasteiger charge is -1.80. The molecule has 0 spiro atoms. The van der Waals surface area contributed by atoms with Gasteiger partial charge in [0.15, 0.2) is 5.76 Å². The molecule has 45 valence electrons. The van der Waals surface area contributed by atoms with Crippen LogP contribution in [0.2, 0.25) is 0 Å². The van der Waals surface area contributed by atoms with Gasteiger partial charge in [-0.1, -0.05) is 11.6 Å². The molecule has 0 aromatic heterocycles. The Hall–Kier alpha value is -0.720. The highest BCUT2D eigenvalue weighted by Crippen LogP contribution is 1.92. The fourth-order valence-electron chi connectivity index (χ4n) is 0.284. The lowest BCUT2D eigenvalue weighted by atomic mass is 10.3. The minimum Gasteiger partial charge on any atom is -0.295 e. The zero-order chi connectivity index (χ0) is 6.57. The molecule has 1 heteroatoms. The van der Waals surface area contributed by atoms with Gasteiger partial charge in [0.1, 0.15) is 0 Å². The van der Waals surface area contributed by atoms with Gasteiger partial charge in [-0.3, -0.25) is 5.11 Å². The van der Waals surface area contributed by atoms with Crippen LogP contribution in [0, 0.1) is 0 Å². The van der Waals surface area contributed by atoms with Crippen LogP contribution in [0.5, 0.6) is 0 Å². The van der Waals surface area contributed by atoms with Crippen molar-refractivity contribution in [2.24, 2.45) is 0 Å². The molecular formula is C7H11O. The van der Waals surface area contributed by atoms with E-state index >= 15 is 0 Å². The van der Waals surface area contributed by atoms with Gasteiger partial charge in [-0.05, 0) is 26.8 Å². The first-order chi connectivity index (χ1) is 3.63. The van der Waals surface area contributed by atoms with Crippen LogP contribution in [0.25, 0.3) is 0 Å². The predicted molar refractivity (Wildman–Crippen MR) is 33.9 cm³/mol. The maximum absolute atomic E-state index is 10.2. The number of hydrogen-bond acceptors (Lipinski definition) is 0. The van der Waals surface area contributed by atoms with E-state index in [1.807, 2.05) is 19.9 Å². The van der Waals surface area contributed by atoms with E-state index in [0.29, 0.717) is 0 Å². The van der Waals surface area contributed by atoms with Crippen molar-refractivity contribution in [2.75, 3.05) is 0 Å². The summed E-state index contributed by atoms with van der Waals surface area (Å²) in [6.45, 7) is 5.46. The fraction of sp³-hybridized carbons (Fsp3) is 0.429. The lowest BCUT2D eigenvalue weighted by Crippen LogP contribution is -1.64. The van der Waals surface area contributed by atoms with Crippen molar-refractivity contribution in [2.45, 2.75) is 20.8 Å². The minimum absolute atomic E-state index is 0.103. The molecule has 0 unspecified atom stereocenters. The van der Waals surface area contributed by atoms with Crippen LogP contribution >= 0.6 is 0 Å². The molecule has 1 nitrogen and oxygen atoms in total. The third-order valence-corrected chi connectivity index (χ3v) is 0.651. The maximum Gasteiger partial charge on any atom is 0.152 e. The van der Waals surface area contributed by atoms with E-state index in [1.54, 1.807) is 13.0 Å². The topological polar surface area (TPSA) is 19.9 Å². The summed E-state index contributed by atoms with van der Waals surface area (Å²) >= 11 is 0. The molecule has 0 saturated carbocycles. The highest BCUT2D eigenvalue weighted by Gasteiger charge is 1.77. The SMILES string of the molecule is CC(C)=C/C=C(\C)[O]. The summed E-state index contributed by atoms with van der Waals surface area (Å²) in [5, 5.41) is 10.2. The van der Waals surface area contributed by atoms with E-state index in [2.05, 4.69) is 0 Å². The van der Waals surface area contributed by atoms with Crippen molar-refractivity contribution in [1.82, 2.24) is 0 Å². The quantitative estimate of drug-likeness (QED) is 0.365. The summed E-state index contributed by atoms with van der Waals surface area (Å²) < 4.78 is 0. The van der Waals surface area contributed by atoms with Crippen molar-refractivity contribution in [3.8, 4) is 0 Å². The smallest absolute Gasteiger partial charge is 0.152 e. The first kappa shape index (κ1) is 7.28. The minimum atomic E-state index is 0.103. The number of rotatable bonds is 1. The first-order valence-corrected chi connectivity index (χ1v) is 2.61. The summed E-state index contributed by atoms with van der Waals surface area (Å²) in [6, 6.07) is 0. The third kappa shape index (κ3) is 5.28. The van der Waals surface area contributed by atoms with Crippen molar-refractivity contribution in [3.05, 3.63) is 23.5 Å². The normalized spacial score (nSPS) is 11.1. The lowest BCUT2D eigenvalue weighted by molar-refractivity contribution is 0.300. The second kappa shape index (κ2) is 3.30. The van der Waals surface area contributed by atoms with E-state index in [4.69, 9.17) is 0 Å². The van der Waals surface area contributed by atoms with Gasteiger partial charge in [-0.15, -0.1) is 0 Å². The molecule has 0 aromatic rings. The first-order valence-electron chi connectivity index (χ1n) is 2.61. The van der Waals surface area contributed by atoms with E-state index in [9.17, 15) is 5.11 Å². The van der Waals surface area contributed by atoms with Gasteiger partial charge in [-0.25, -0.2) is 0 Å². The highest BCUT2D eigenvalue weighted by molar-refractivity contribution is 5.09. The molecule has 0 aliphatic rings. The fourth-order valence-corrected chi connectivity index (χ4v) is 0.284. The van der Waals surface area contributed by atoms with Crippen LogP contribution in [0.1, 0.15) is 20.8 Å². The monoisotopic (exact) mass is 111 g/mol. The average Bonchev–Trinajstić information content (AvgIpc) is 1.61. The summed E-state index contributed by atoms with van der Waals surface area (Å²) in [7, 11) is 0. The highest BCUT2D eigenvalue weighted by atomic mass is 16.3.